The molecule has 74 heavy (non-hydrogen) atoms. The van der Waals surface area contributed by atoms with Gasteiger partial charge in [-0.1, -0.05) is 125 Å². The third kappa shape index (κ3) is 4.40. The van der Waals surface area contributed by atoms with Crippen LogP contribution >= 0.6 is 0 Å². The molecule has 14 heteroatoms. The van der Waals surface area contributed by atoms with Crippen molar-refractivity contribution in [1.29, 1.82) is 0 Å². The van der Waals surface area contributed by atoms with Gasteiger partial charge >= 0.3 is 0 Å². The Morgan fingerprint density at radius 1 is 0.338 bits per heavy atom. The number of rotatable bonds is 4. The number of nitrogens with zero attached hydrogens (tertiary/aromatic N) is 6. The summed E-state index contributed by atoms with van der Waals surface area (Å²) < 4.78 is 23.9. The Kier molecular flexibility index (Phi) is 7.03. The van der Waals surface area contributed by atoms with Crippen molar-refractivity contribution in [2.75, 3.05) is 0 Å². The van der Waals surface area contributed by atoms with E-state index in [2.05, 4.69) is 250 Å². The molecule has 0 spiro atoms. The first kappa shape index (κ1) is 40.0. The van der Waals surface area contributed by atoms with Gasteiger partial charge < -0.3 is 13.9 Å². The van der Waals surface area contributed by atoms with E-state index in [0.29, 0.717) is 0 Å². The second-order valence-electron chi connectivity index (χ2n) is 23.2. The fourth-order valence-corrected chi connectivity index (χ4v) is 14.9. The van der Waals surface area contributed by atoms with E-state index in [1.54, 1.807) is 0 Å². The Balaban J connectivity index is 1.18. The van der Waals surface area contributed by atoms with Crippen molar-refractivity contribution in [3.05, 3.63) is 187 Å². The summed E-state index contributed by atoms with van der Waals surface area (Å²) in [6, 6.07) is 65.4. The topological polar surface area (TPSA) is 37.8 Å². The molecule has 0 unspecified atom stereocenters. The molecular weight excluding hydrogens is 896 g/mol. The summed E-state index contributed by atoms with van der Waals surface area (Å²) in [6.07, 6.45) is 0. The zero-order valence-electron chi connectivity index (χ0n) is 41.9. The first-order valence-electron chi connectivity index (χ1n) is 26.2. The first-order valence-corrected chi connectivity index (χ1v) is 26.2. The second kappa shape index (κ2) is 13.0. The molecule has 15 aromatic rings. The van der Waals surface area contributed by atoms with Crippen LogP contribution in [-0.2, 0) is 10.2 Å². The molecule has 0 N–H and O–H groups in total. The fourth-order valence-electron chi connectivity index (χ4n) is 14.9. The van der Waals surface area contributed by atoms with Crippen molar-refractivity contribution in [3.63, 3.8) is 0 Å². The largest absolute Gasteiger partial charge is 0.457 e. The lowest BCUT2D eigenvalue weighted by Crippen LogP contribution is -2.61. The van der Waals surface area contributed by atoms with E-state index in [4.69, 9.17) is 4.74 Å². The fraction of sp³-hybridized carbons (Fsp3) is 0.0333. The van der Waals surface area contributed by atoms with E-state index >= 15 is 0 Å². The summed E-state index contributed by atoms with van der Waals surface area (Å²) in [7, 11) is 14.3. The van der Waals surface area contributed by atoms with Gasteiger partial charge in [0.1, 0.15) is 22.8 Å². The van der Waals surface area contributed by atoms with Crippen molar-refractivity contribution in [2.24, 2.45) is 0 Å². The lowest BCUT2D eigenvalue weighted by molar-refractivity contribution is 0.500. The number of hydrogen-bond acceptors (Lipinski definition) is 1. The maximum Gasteiger partial charge on any atom is 0.262 e. The minimum absolute atomic E-state index is 0.149. The average molecular weight is 938 g/mol. The normalized spacial score (nSPS) is 13.8. The molecule has 3 aliphatic rings. The summed E-state index contributed by atoms with van der Waals surface area (Å²) >= 11 is 0. The molecule has 0 amide bonds. The van der Waals surface area contributed by atoms with E-state index in [0.717, 1.165) is 55.7 Å². The maximum absolute atomic E-state index is 8.28. The van der Waals surface area contributed by atoms with Crippen LogP contribution in [-0.4, -0.2) is 80.9 Å². The summed E-state index contributed by atoms with van der Waals surface area (Å²) in [5.41, 5.74) is 25.5. The molecule has 9 heterocycles. The van der Waals surface area contributed by atoms with Gasteiger partial charge in [-0.25, -0.2) is 0 Å². The molecule has 7 nitrogen and oxygen atoms in total. The maximum atomic E-state index is 8.28. The van der Waals surface area contributed by atoms with Crippen LogP contribution in [0.15, 0.2) is 176 Å². The minimum atomic E-state index is -0.208. The molecule has 0 atom stereocenters. The van der Waals surface area contributed by atoms with Crippen LogP contribution in [0.2, 0.25) is 0 Å². The lowest BCUT2D eigenvalue weighted by Gasteiger charge is -2.38. The number of ether oxygens (including phenoxy) is 1. The van der Waals surface area contributed by atoms with Crippen molar-refractivity contribution in [1.82, 2.24) is 27.1 Å². The molecule has 0 fully saturated rings. The molecule has 3 aliphatic heterocycles. The third-order valence-corrected chi connectivity index (χ3v) is 17.3. The van der Waals surface area contributed by atoms with Crippen molar-refractivity contribution in [3.8, 4) is 34.2 Å². The van der Waals surface area contributed by atoms with Crippen LogP contribution in [0.4, 0.5) is 0 Å². The molecule has 0 bridgehead atoms. The van der Waals surface area contributed by atoms with Gasteiger partial charge in [-0.05, 0) is 77.3 Å². The van der Waals surface area contributed by atoms with Crippen LogP contribution in [0.3, 0.4) is 0 Å². The highest BCUT2D eigenvalue weighted by atomic mass is 16.5. The predicted molar refractivity (Wildman–Crippen MR) is 325 cm³/mol. The molecule has 9 aromatic carbocycles. The van der Waals surface area contributed by atoms with E-state index in [9.17, 15) is 0 Å². The molecule has 0 aliphatic carbocycles. The number of imidazole rings is 2. The predicted octanol–water partition coefficient (Wildman–Crippen LogP) is 5.85. The van der Waals surface area contributed by atoms with Crippen molar-refractivity contribution >= 4 is 169 Å². The van der Waals surface area contributed by atoms with Crippen LogP contribution < -0.4 is 21.1 Å². The smallest absolute Gasteiger partial charge is 0.262 e. The standard InChI is InChI=1S/C60H41B7N6O/c61-59(62,63)44-34-22-9-13-26-38(34)70-53-49-42(32-20-7-11-24-36(32)68(49)30-16-3-1-4-17-30)55-47-51(53)72(57(44)70)40-28-15-29-41-46(40)67(47)48-52-54(71-39-27-14-10-23-35(39)45(60(64,65)66)58(71)73(41)52)50-43(56(48)74-55)33-21-8-12-25-37(33)69(50)31-18-5-2-6-19-31/h1-29H,61-66H2. The van der Waals surface area contributed by atoms with Crippen molar-refractivity contribution < 1.29 is 4.74 Å². The Labute approximate surface area is 430 Å². The molecule has 6 aromatic heterocycles. The average Bonchev–Trinajstić information content (AvgIpc) is 4.33. The molecule has 18 rings (SSSR count). The highest BCUT2D eigenvalue weighted by Gasteiger charge is 2.51. The van der Waals surface area contributed by atoms with E-state index in [1.165, 1.54) is 105 Å². The van der Waals surface area contributed by atoms with Crippen LogP contribution in [0.1, 0.15) is 11.1 Å². The van der Waals surface area contributed by atoms with Gasteiger partial charge in [0.2, 0.25) is 0 Å². The van der Waals surface area contributed by atoms with E-state index < -0.39 is 0 Å². The van der Waals surface area contributed by atoms with E-state index in [1.807, 2.05) is 0 Å². The SMILES string of the molecule is BC(B)(B)c1c2ccccc2n2c3c4c5c(c6c7ccccc7n(-c7ccccc7)c63)Oc3c6c7c(c8c3c3ccccc3n8-c3ccccc3)n3c8ccccc8c(C(B)(B)B)c3n7-c3cccc(c3B56)-n4c12. The first-order chi connectivity index (χ1) is 36.1. The Hall–Kier alpha value is -8.49. The molecule has 0 saturated carbocycles. The Morgan fingerprint density at radius 2 is 0.716 bits per heavy atom. The summed E-state index contributed by atoms with van der Waals surface area (Å²) in [6.45, 7) is -0.149. The van der Waals surface area contributed by atoms with E-state index in [-0.39, 0.29) is 16.9 Å². The highest BCUT2D eigenvalue weighted by Crippen LogP contribution is 2.54. The van der Waals surface area contributed by atoms with Gasteiger partial charge in [-0.15, -0.1) is 0 Å². The Bertz CT molecular complexity index is 4830. The van der Waals surface area contributed by atoms with Crippen LogP contribution in [0, 0.1) is 0 Å². The summed E-state index contributed by atoms with van der Waals surface area (Å²) in [5, 5.41) is 6.78. The van der Waals surface area contributed by atoms with Gasteiger partial charge in [0.25, 0.3) is 6.71 Å². The number of para-hydroxylation sites is 6. The van der Waals surface area contributed by atoms with Crippen molar-refractivity contribution in [2.45, 2.75) is 10.2 Å². The van der Waals surface area contributed by atoms with Gasteiger partial charge in [-0.2, -0.15) is 0 Å². The monoisotopic (exact) mass is 938 g/mol. The molecule has 338 valence electrons. The molecular formula is C60H41B7N6O. The van der Waals surface area contributed by atoms with Gasteiger partial charge in [-0.3, -0.25) is 17.9 Å². The zero-order valence-corrected chi connectivity index (χ0v) is 41.9. The van der Waals surface area contributed by atoms with Crippen LogP contribution in [0.5, 0.6) is 11.5 Å². The number of benzene rings is 9. The molecule has 0 saturated heterocycles. The van der Waals surface area contributed by atoms with Gasteiger partial charge in [0, 0.05) is 55.2 Å². The number of fused-ring (bicyclic) bond motifs is 22. The third-order valence-electron chi connectivity index (χ3n) is 17.3. The van der Waals surface area contributed by atoms with Gasteiger partial charge in [0.05, 0.1) is 113 Å². The minimum Gasteiger partial charge on any atom is -0.457 e. The van der Waals surface area contributed by atoms with Crippen LogP contribution in [0.25, 0.3) is 122 Å². The summed E-state index contributed by atoms with van der Waals surface area (Å²) in [4.78, 5) is 0. The quantitative estimate of drug-likeness (QED) is 0.205. The highest BCUT2D eigenvalue weighted by molar-refractivity contribution is 7.02. The second-order valence-corrected chi connectivity index (χ2v) is 23.2. The lowest BCUT2D eigenvalue weighted by atomic mass is 9.33. The number of aromatic nitrogens is 6. The van der Waals surface area contributed by atoms with Gasteiger partial charge in [0.15, 0.2) is 0 Å². The number of hydrogen-bond donors (Lipinski definition) is 0. The molecule has 0 radical (unpaired) electrons. The summed E-state index contributed by atoms with van der Waals surface area (Å²) in [5.74, 6) is 1.90. The Morgan fingerprint density at radius 3 is 1.14 bits per heavy atom. The zero-order chi connectivity index (χ0) is 49.0.